The second kappa shape index (κ2) is 6.04. The number of carbonyl (C=O) groups excluding carboxylic acids is 1. The molecule has 3 heterocycles. The van der Waals surface area contributed by atoms with Gasteiger partial charge in [-0.05, 0) is 24.3 Å². The number of amides is 1. The van der Waals surface area contributed by atoms with Crippen LogP contribution in [0.3, 0.4) is 0 Å². The van der Waals surface area contributed by atoms with Crippen molar-refractivity contribution in [3.63, 3.8) is 0 Å². The van der Waals surface area contributed by atoms with E-state index in [1.54, 1.807) is 11.0 Å². The molecule has 0 N–H and O–H groups in total. The molecule has 2 aromatic heterocycles. The summed E-state index contributed by atoms with van der Waals surface area (Å²) in [6.45, 7) is 4.78. The van der Waals surface area contributed by atoms with E-state index >= 15 is 0 Å². The lowest BCUT2D eigenvalue weighted by atomic mass is 10.3. The van der Waals surface area contributed by atoms with E-state index in [2.05, 4.69) is 15.4 Å². The number of hydrogen-bond acceptors (Lipinski definition) is 6. The summed E-state index contributed by atoms with van der Waals surface area (Å²) in [5, 5.41) is 12.1. The third kappa shape index (κ3) is 3.27. The summed E-state index contributed by atoms with van der Waals surface area (Å²) in [6, 6.07) is 3.65. The Bertz CT molecular complexity index is 615. The van der Waals surface area contributed by atoms with Crippen molar-refractivity contribution in [1.29, 1.82) is 0 Å². The van der Waals surface area contributed by atoms with E-state index in [0.717, 1.165) is 5.76 Å². The molecule has 8 heteroatoms. The highest BCUT2D eigenvalue weighted by molar-refractivity contribution is 5.76. The number of hydrogen-bond donors (Lipinski definition) is 0. The number of rotatable bonds is 4. The molecule has 0 atom stereocenters. The number of nitrogens with zero attached hydrogens (tertiary/aromatic N) is 5. The molecule has 0 spiro atoms. The number of tetrazole rings is 1. The minimum Gasteiger partial charge on any atom is -0.458 e. The van der Waals surface area contributed by atoms with Gasteiger partial charge in [0.25, 0.3) is 0 Å². The summed E-state index contributed by atoms with van der Waals surface area (Å²) in [6.07, 6.45) is 0.354. The third-order valence-corrected chi connectivity index (χ3v) is 3.30. The Morgan fingerprint density at radius 3 is 2.86 bits per heavy atom. The monoisotopic (exact) mass is 291 g/mol. The fourth-order valence-electron chi connectivity index (χ4n) is 2.16. The fraction of sp³-hybridized carbons (Fsp3) is 0.538. The van der Waals surface area contributed by atoms with E-state index in [4.69, 9.17) is 9.15 Å². The maximum Gasteiger partial charge on any atom is 0.240 e. The average Bonchev–Trinajstić information content (AvgIpc) is 3.14. The van der Waals surface area contributed by atoms with Crippen molar-refractivity contribution in [2.45, 2.75) is 19.9 Å². The lowest BCUT2D eigenvalue weighted by Crippen LogP contribution is -2.41. The second-order valence-corrected chi connectivity index (χ2v) is 4.86. The van der Waals surface area contributed by atoms with Crippen molar-refractivity contribution in [3.8, 4) is 11.6 Å². The Labute approximate surface area is 121 Å². The molecule has 0 unspecified atom stereocenters. The van der Waals surface area contributed by atoms with E-state index in [9.17, 15) is 4.79 Å². The first kappa shape index (κ1) is 13.7. The highest BCUT2D eigenvalue weighted by Gasteiger charge is 2.17. The highest BCUT2D eigenvalue weighted by atomic mass is 16.5. The molecule has 1 fully saturated rings. The Morgan fingerprint density at radius 1 is 1.33 bits per heavy atom. The molecule has 2 aromatic rings. The first-order valence-electron chi connectivity index (χ1n) is 6.92. The Hall–Kier alpha value is -2.22. The van der Waals surface area contributed by atoms with Gasteiger partial charge in [-0.3, -0.25) is 4.79 Å². The lowest BCUT2D eigenvalue weighted by Gasteiger charge is -2.26. The van der Waals surface area contributed by atoms with Gasteiger partial charge in [0.05, 0.1) is 19.8 Å². The van der Waals surface area contributed by atoms with Gasteiger partial charge in [-0.25, -0.2) is 0 Å². The summed E-state index contributed by atoms with van der Waals surface area (Å²) < 4.78 is 10.7. The van der Waals surface area contributed by atoms with E-state index in [-0.39, 0.29) is 5.91 Å². The van der Waals surface area contributed by atoms with Crippen LogP contribution in [0.1, 0.15) is 12.2 Å². The smallest absolute Gasteiger partial charge is 0.240 e. The molecule has 0 aliphatic carbocycles. The average molecular weight is 291 g/mol. The van der Waals surface area contributed by atoms with E-state index in [0.29, 0.717) is 50.9 Å². The van der Waals surface area contributed by atoms with Crippen LogP contribution in [0.5, 0.6) is 0 Å². The first-order chi connectivity index (χ1) is 10.2. The number of furan rings is 1. The molecule has 0 bridgehead atoms. The number of aryl methyl sites for hydroxylation is 2. The van der Waals surface area contributed by atoms with E-state index in [1.165, 1.54) is 4.80 Å². The summed E-state index contributed by atoms with van der Waals surface area (Å²) in [5.41, 5.74) is 0. The quantitative estimate of drug-likeness (QED) is 0.815. The largest absolute Gasteiger partial charge is 0.458 e. The molecule has 112 valence electrons. The second-order valence-electron chi connectivity index (χ2n) is 4.86. The van der Waals surface area contributed by atoms with Gasteiger partial charge in [0.1, 0.15) is 5.76 Å². The molecular formula is C13H17N5O3. The normalized spacial score (nSPS) is 15.4. The molecule has 1 aliphatic heterocycles. The van der Waals surface area contributed by atoms with Crippen LogP contribution in [0.25, 0.3) is 11.6 Å². The zero-order valence-electron chi connectivity index (χ0n) is 11.9. The first-order valence-corrected chi connectivity index (χ1v) is 6.92. The molecular weight excluding hydrogens is 274 g/mol. The molecule has 0 aromatic carbocycles. The molecule has 1 saturated heterocycles. The third-order valence-electron chi connectivity index (χ3n) is 3.30. The summed E-state index contributed by atoms with van der Waals surface area (Å²) in [5.74, 6) is 1.90. The van der Waals surface area contributed by atoms with Gasteiger partial charge in [-0.1, -0.05) is 0 Å². The predicted molar refractivity (Wildman–Crippen MR) is 72.3 cm³/mol. The van der Waals surface area contributed by atoms with Gasteiger partial charge >= 0.3 is 0 Å². The SMILES string of the molecule is Cc1ccc(-c2nnn(CCC(=O)N3CCOCC3)n2)o1. The van der Waals surface area contributed by atoms with Gasteiger partial charge in [-0.2, -0.15) is 4.80 Å². The van der Waals surface area contributed by atoms with Crippen molar-refractivity contribution in [1.82, 2.24) is 25.1 Å². The van der Waals surface area contributed by atoms with Crippen LogP contribution >= 0.6 is 0 Å². The number of morpholine rings is 1. The van der Waals surface area contributed by atoms with E-state index in [1.807, 2.05) is 13.0 Å². The molecule has 0 radical (unpaired) electrons. The predicted octanol–water partition coefficient (Wildman–Crippen LogP) is 0.490. The van der Waals surface area contributed by atoms with Gasteiger partial charge < -0.3 is 14.1 Å². The van der Waals surface area contributed by atoms with Crippen LogP contribution in [-0.4, -0.2) is 57.3 Å². The molecule has 21 heavy (non-hydrogen) atoms. The minimum absolute atomic E-state index is 0.0889. The van der Waals surface area contributed by atoms with Crippen molar-refractivity contribution in [3.05, 3.63) is 17.9 Å². The van der Waals surface area contributed by atoms with Crippen LogP contribution in [0.2, 0.25) is 0 Å². The van der Waals surface area contributed by atoms with Crippen molar-refractivity contribution >= 4 is 5.91 Å². The molecule has 3 rings (SSSR count). The number of carbonyl (C=O) groups is 1. The van der Waals surface area contributed by atoms with Crippen molar-refractivity contribution in [2.24, 2.45) is 0 Å². The van der Waals surface area contributed by atoms with Crippen molar-refractivity contribution < 1.29 is 13.9 Å². The maximum absolute atomic E-state index is 12.0. The summed E-state index contributed by atoms with van der Waals surface area (Å²) >= 11 is 0. The Morgan fingerprint density at radius 2 is 2.14 bits per heavy atom. The number of ether oxygens (including phenoxy) is 1. The van der Waals surface area contributed by atoms with Crippen LogP contribution in [0.4, 0.5) is 0 Å². The van der Waals surface area contributed by atoms with E-state index < -0.39 is 0 Å². The zero-order valence-corrected chi connectivity index (χ0v) is 11.9. The highest BCUT2D eigenvalue weighted by Crippen LogP contribution is 2.16. The molecule has 0 saturated carbocycles. The van der Waals surface area contributed by atoms with Crippen LogP contribution < -0.4 is 0 Å². The van der Waals surface area contributed by atoms with Crippen LogP contribution in [0.15, 0.2) is 16.5 Å². The summed E-state index contributed by atoms with van der Waals surface area (Å²) in [4.78, 5) is 15.2. The Balaban J connectivity index is 1.56. The lowest BCUT2D eigenvalue weighted by molar-refractivity contribution is -0.135. The standard InChI is InChI=1S/C13H17N5O3/c1-10-2-3-11(21-10)13-14-16-18(15-13)5-4-12(19)17-6-8-20-9-7-17/h2-3H,4-9H2,1H3. The van der Waals surface area contributed by atoms with Crippen LogP contribution in [0, 0.1) is 6.92 Å². The number of aromatic nitrogens is 4. The van der Waals surface area contributed by atoms with Gasteiger partial charge in [0.2, 0.25) is 11.7 Å². The molecule has 1 amide bonds. The van der Waals surface area contributed by atoms with Crippen LogP contribution in [-0.2, 0) is 16.1 Å². The topological polar surface area (TPSA) is 86.3 Å². The van der Waals surface area contributed by atoms with Gasteiger partial charge in [-0.15, -0.1) is 10.2 Å². The molecule has 8 nitrogen and oxygen atoms in total. The zero-order chi connectivity index (χ0) is 14.7. The van der Waals surface area contributed by atoms with Gasteiger partial charge in [0, 0.05) is 19.5 Å². The Kier molecular flexibility index (Phi) is 3.96. The minimum atomic E-state index is 0.0889. The van der Waals surface area contributed by atoms with Crippen molar-refractivity contribution in [2.75, 3.05) is 26.3 Å². The molecule has 1 aliphatic rings. The van der Waals surface area contributed by atoms with Gasteiger partial charge in [0.15, 0.2) is 5.76 Å². The fourth-order valence-corrected chi connectivity index (χ4v) is 2.16. The maximum atomic E-state index is 12.0. The summed E-state index contributed by atoms with van der Waals surface area (Å²) in [7, 11) is 0.